The van der Waals surface area contributed by atoms with Gasteiger partial charge in [-0.1, -0.05) is 51.1 Å². The molecule has 0 radical (unpaired) electrons. The van der Waals surface area contributed by atoms with Crippen LogP contribution in [0.4, 0.5) is 5.69 Å². The van der Waals surface area contributed by atoms with Crippen molar-refractivity contribution in [2.45, 2.75) is 45.6 Å². The first-order chi connectivity index (χ1) is 14.2. The number of amides is 2. The lowest BCUT2D eigenvalue weighted by Crippen LogP contribution is -2.39. The molecule has 6 nitrogen and oxygen atoms in total. The second-order valence-corrected chi connectivity index (χ2v) is 8.62. The maximum atomic E-state index is 12.6. The lowest BCUT2D eigenvalue weighted by molar-refractivity contribution is -0.146. The highest BCUT2D eigenvalue weighted by molar-refractivity contribution is 5.98. The highest BCUT2D eigenvalue weighted by Crippen LogP contribution is 2.31. The molecule has 0 saturated carbocycles. The summed E-state index contributed by atoms with van der Waals surface area (Å²) in [4.78, 5) is 38.5. The molecule has 0 fully saturated rings. The van der Waals surface area contributed by atoms with E-state index in [-0.39, 0.29) is 36.4 Å². The van der Waals surface area contributed by atoms with E-state index >= 15 is 0 Å². The number of fused-ring (bicyclic) bond motifs is 1. The Morgan fingerprint density at radius 1 is 1.07 bits per heavy atom. The Morgan fingerprint density at radius 2 is 1.73 bits per heavy atom. The van der Waals surface area contributed by atoms with E-state index in [4.69, 9.17) is 4.74 Å². The number of carbonyl (C=O) groups excluding carboxylic acids is 3. The standard InChI is InChI=1S/C24H28N2O4/c1-16-13-18-7-5-6-8-20(18)26(16)21(27)15-30-22(28)14-25-23(29)17-9-11-19(12-10-17)24(2,3)4/h5-12,16H,13-15H2,1-4H3,(H,25,29)/t16-/m1/s1. The first kappa shape index (κ1) is 21.6. The van der Waals surface area contributed by atoms with Gasteiger partial charge in [-0.3, -0.25) is 14.4 Å². The number of hydrogen-bond donors (Lipinski definition) is 1. The van der Waals surface area contributed by atoms with Gasteiger partial charge >= 0.3 is 5.97 Å². The molecular formula is C24H28N2O4. The van der Waals surface area contributed by atoms with Crippen LogP contribution in [0.25, 0.3) is 0 Å². The Morgan fingerprint density at radius 3 is 2.40 bits per heavy atom. The summed E-state index contributed by atoms with van der Waals surface area (Å²) in [6.45, 7) is 7.61. The summed E-state index contributed by atoms with van der Waals surface area (Å²) in [6, 6.07) is 15.0. The Bertz CT molecular complexity index is 944. The van der Waals surface area contributed by atoms with Gasteiger partial charge in [0.25, 0.3) is 11.8 Å². The number of carbonyl (C=O) groups is 3. The fourth-order valence-electron chi connectivity index (χ4n) is 3.58. The van der Waals surface area contributed by atoms with Gasteiger partial charge in [0.05, 0.1) is 0 Å². The molecule has 2 amide bonds. The second-order valence-electron chi connectivity index (χ2n) is 8.62. The van der Waals surface area contributed by atoms with Gasteiger partial charge in [0.1, 0.15) is 6.54 Å². The summed E-state index contributed by atoms with van der Waals surface area (Å²) in [6.07, 6.45) is 0.778. The molecule has 6 heteroatoms. The van der Waals surface area contributed by atoms with Gasteiger partial charge < -0.3 is 15.0 Å². The summed E-state index contributed by atoms with van der Waals surface area (Å²) in [5.74, 6) is -1.28. The predicted molar refractivity (Wildman–Crippen MR) is 116 cm³/mol. The summed E-state index contributed by atoms with van der Waals surface area (Å²) >= 11 is 0. The monoisotopic (exact) mass is 408 g/mol. The molecule has 0 saturated heterocycles. The number of nitrogens with zero attached hydrogens (tertiary/aromatic N) is 1. The molecule has 0 bridgehead atoms. The Labute approximate surface area is 177 Å². The van der Waals surface area contributed by atoms with Crippen molar-refractivity contribution in [2.75, 3.05) is 18.1 Å². The smallest absolute Gasteiger partial charge is 0.325 e. The van der Waals surface area contributed by atoms with Crippen LogP contribution in [0.15, 0.2) is 48.5 Å². The Kier molecular flexibility index (Phi) is 6.25. The zero-order chi connectivity index (χ0) is 21.9. The van der Waals surface area contributed by atoms with Crippen molar-refractivity contribution in [1.82, 2.24) is 5.32 Å². The van der Waals surface area contributed by atoms with E-state index in [2.05, 4.69) is 26.1 Å². The summed E-state index contributed by atoms with van der Waals surface area (Å²) < 4.78 is 5.08. The number of rotatable bonds is 5. The van der Waals surface area contributed by atoms with Gasteiger partial charge in [0.15, 0.2) is 6.61 Å². The van der Waals surface area contributed by atoms with Crippen LogP contribution in [-0.2, 0) is 26.2 Å². The third-order valence-corrected chi connectivity index (χ3v) is 5.24. The Balaban J connectivity index is 1.48. The van der Waals surface area contributed by atoms with Crippen LogP contribution in [0, 0.1) is 0 Å². The molecule has 158 valence electrons. The van der Waals surface area contributed by atoms with Gasteiger partial charge in [0.2, 0.25) is 0 Å². The molecule has 1 heterocycles. The van der Waals surface area contributed by atoms with Gasteiger partial charge in [0, 0.05) is 17.3 Å². The van der Waals surface area contributed by atoms with Crippen LogP contribution in [0.1, 0.15) is 49.2 Å². The molecule has 1 N–H and O–H groups in total. The van der Waals surface area contributed by atoms with Crippen LogP contribution < -0.4 is 10.2 Å². The zero-order valence-electron chi connectivity index (χ0n) is 17.9. The predicted octanol–water partition coefficient (Wildman–Crippen LogP) is 3.23. The number of nitrogens with one attached hydrogen (secondary N) is 1. The van der Waals surface area contributed by atoms with Gasteiger partial charge in [-0.05, 0) is 48.1 Å². The molecule has 1 aliphatic rings. The lowest BCUT2D eigenvalue weighted by Gasteiger charge is -2.22. The highest BCUT2D eigenvalue weighted by atomic mass is 16.5. The first-order valence-electron chi connectivity index (χ1n) is 10.1. The molecule has 2 aromatic rings. The minimum absolute atomic E-state index is 0.00129. The van der Waals surface area contributed by atoms with Crippen LogP contribution in [0.3, 0.4) is 0 Å². The molecule has 1 aliphatic heterocycles. The molecule has 0 spiro atoms. The van der Waals surface area contributed by atoms with Crippen molar-refractivity contribution >= 4 is 23.5 Å². The van der Waals surface area contributed by atoms with E-state index in [1.165, 1.54) is 0 Å². The van der Waals surface area contributed by atoms with Gasteiger partial charge in [-0.25, -0.2) is 0 Å². The van der Waals surface area contributed by atoms with Gasteiger partial charge in [-0.15, -0.1) is 0 Å². The summed E-state index contributed by atoms with van der Waals surface area (Å²) in [5, 5.41) is 2.54. The largest absolute Gasteiger partial charge is 0.454 e. The van der Waals surface area contributed by atoms with E-state index in [0.29, 0.717) is 5.56 Å². The molecule has 0 unspecified atom stereocenters. The molecule has 1 atom stereocenters. The number of hydrogen-bond acceptors (Lipinski definition) is 4. The molecular weight excluding hydrogens is 380 g/mol. The minimum atomic E-state index is -0.650. The maximum absolute atomic E-state index is 12.6. The molecule has 3 rings (SSSR count). The number of esters is 1. The molecule has 30 heavy (non-hydrogen) atoms. The number of benzene rings is 2. The van der Waals surface area contributed by atoms with Gasteiger partial charge in [-0.2, -0.15) is 0 Å². The lowest BCUT2D eigenvalue weighted by atomic mass is 9.87. The molecule has 2 aromatic carbocycles. The number of ether oxygens (including phenoxy) is 1. The quantitative estimate of drug-likeness (QED) is 0.771. The number of anilines is 1. The van der Waals surface area contributed by atoms with E-state index in [1.54, 1.807) is 17.0 Å². The first-order valence-corrected chi connectivity index (χ1v) is 10.1. The molecule has 0 aromatic heterocycles. The average molecular weight is 408 g/mol. The fourth-order valence-corrected chi connectivity index (χ4v) is 3.58. The van der Waals surface area contributed by atoms with Crippen LogP contribution >= 0.6 is 0 Å². The minimum Gasteiger partial charge on any atom is -0.454 e. The third-order valence-electron chi connectivity index (χ3n) is 5.24. The second kappa shape index (κ2) is 8.69. The van der Waals surface area contributed by atoms with Crippen molar-refractivity contribution < 1.29 is 19.1 Å². The third kappa shape index (κ3) is 4.87. The van der Waals surface area contributed by atoms with Crippen molar-refractivity contribution in [3.63, 3.8) is 0 Å². The van der Waals surface area contributed by atoms with Crippen molar-refractivity contribution in [1.29, 1.82) is 0 Å². The van der Waals surface area contributed by atoms with E-state index in [0.717, 1.165) is 23.2 Å². The van der Waals surface area contributed by atoms with Crippen LogP contribution in [0.2, 0.25) is 0 Å². The normalized spacial score (nSPS) is 15.5. The van der Waals surface area contributed by atoms with E-state index in [1.807, 2.05) is 43.3 Å². The van der Waals surface area contributed by atoms with Crippen LogP contribution in [-0.4, -0.2) is 37.0 Å². The SMILES string of the molecule is C[C@@H]1Cc2ccccc2N1C(=O)COC(=O)CNC(=O)c1ccc(C(C)(C)C)cc1. The summed E-state index contributed by atoms with van der Waals surface area (Å²) in [7, 11) is 0. The van der Waals surface area contributed by atoms with E-state index in [9.17, 15) is 14.4 Å². The van der Waals surface area contributed by atoms with Crippen molar-refractivity contribution in [3.05, 3.63) is 65.2 Å². The van der Waals surface area contributed by atoms with E-state index < -0.39 is 5.97 Å². The Hall–Kier alpha value is -3.15. The fraction of sp³-hybridized carbons (Fsp3) is 0.375. The maximum Gasteiger partial charge on any atom is 0.325 e. The summed E-state index contributed by atoms with van der Waals surface area (Å²) in [5.41, 5.74) is 3.55. The topological polar surface area (TPSA) is 75.7 Å². The van der Waals surface area contributed by atoms with Crippen LogP contribution in [0.5, 0.6) is 0 Å². The van der Waals surface area contributed by atoms with Crippen molar-refractivity contribution in [2.24, 2.45) is 0 Å². The zero-order valence-corrected chi connectivity index (χ0v) is 17.9. The van der Waals surface area contributed by atoms with Crippen molar-refractivity contribution in [3.8, 4) is 0 Å². The average Bonchev–Trinajstić information content (AvgIpc) is 3.05. The number of para-hydroxylation sites is 1. The highest BCUT2D eigenvalue weighted by Gasteiger charge is 2.30. The molecule has 0 aliphatic carbocycles.